The molecule has 0 saturated heterocycles. The van der Waals surface area contributed by atoms with Crippen LogP contribution in [0.5, 0.6) is 0 Å². The zero-order valence-corrected chi connectivity index (χ0v) is 11.5. The molecule has 1 aromatic carbocycles. The standard InChI is InChI=1S/C12H15N5OS/c1-7-9(13)4-3-5-10(7)15-11(18)6-19-12-14-8(2)16-17-12/h3-5H,6,13H2,1-2H3,(H,15,18)(H,14,16,17). The Bertz CT molecular complexity index is 596. The number of nitrogen functional groups attached to an aromatic ring is 1. The number of hydrogen-bond acceptors (Lipinski definition) is 5. The number of carbonyl (C=O) groups excluding carboxylic acids is 1. The normalized spacial score (nSPS) is 10.4. The fourth-order valence-electron chi connectivity index (χ4n) is 1.49. The maximum Gasteiger partial charge on any atom is 0.234 e. The number of nitrogens with two attached hydrogens (primary N) is 1. The molecule has 0 spiro atoms. The number of nitrogens with one attached hydrogen (secondary N) is 2. The molecule has 0 saturated carbocycles. The van der Waals surface area contributed by atoms with Crippen molar-refractivity contribution in [3.05, 3.63) is 29.6 Å². The van der Waals surface area contributed by atoms with Gasteiger partial charge in [0, 0.05) is 11.4 Å². The van der Waals surface area contributed by atoms with E-state index in [1.54, 1.807) is 6.07 Å². The van der Waals surface area contributed by atoms with Crippen LogP contribution in [0.25, 0.3) is 0 Å². The molecular weight excluding hydrogens is 262 g/mol. The summed E-state index contributed by atoms with van der Waals surface area (Å²) in [6.45, 7) is 3.68. The van der Waals surface area contributed by atoms with E-state index in [0.717, 1.165) is 17.1 Å². The van der Waals surface area contributed by atoms with Crippen LogP contribution in [-0.4, -0.2) is 26.8 Å². The first-order chi connectivity index (χ1) is 9.06. The molecule has 0 bridgehead atoms. The number of amides is 1. The Labute approximate surface area is 115 Å². The quantitative estimate of drug-likeness (QED) is 0.584. The minimum atomic E-state index is -0.110. The first-order valence-corrected chi connectivity index (χ1v) is 6.71. The van der Waals surface area contributed by atoms with Gasteiger partial charge in [-0.2, -0.15) is 0 Å². The Morgan fingerprint density at radius 2 is 2.26 bits per heavy atom. The van der Waals surface area contributed by atoms with Crippen molar-refractivity contribution in [1.82, 2.24) is 15.2 Å². The highest BCUT2D eigenvalue weighted by Crippen LogP contribution is 2.21. The van der Waals surface area contributed by atoms with Gasteiger partial charge in [-0.15, -0.1) is 5.10 Å². The second-order valence-corrected chi connectivity index (χ2v) is 5.00. The van der Waals surface area contributed by atoms with Gasteiger partial charge in [-0.25, -0.2) is 4.98 Å². The molecule has 0 aliphatic carbocycles. The van der Waals surface area contributed by atoms with Crippen LogP contribution in [0.15, 0.2) is 23.4 Å². The summed E-state index contributed by atoms with van der Waals surface area (Å²) in [6.07, 6.45) is 0. The maximum atomic E-state index is 11.8. The zero-order valence-electron chi connectivity index (χ0n) is 10.7. The number of benzene rings is 1. The van der Waals surface area contributed by atoms with Crippen LogP contribution in [0.3, 0.4) is 0 Å². The van der Waals surface area contributed by atoms with Crippen LogP contribution >= 0.6 is 11.8 Å². The number of H-pyrrole nitrogens is 1. The molecule has 0 radical (unpaired) electrons. The minimum absolute atomic E-state index is 0.110. The molecule has 100 valence electrons. The van der Waals surface area contributed by atoms with Crippen LogP contribution in [-0.2, 0) is 4.79 Å². The molecule has 1 heterocycles. The van der Waals surface area contributed by atoms with Gasteiger partial charge in [0.2, 0.25) is 11.1 Å². The summed E-state index contributed by atoms with van der Waals surface area (Å²) in [5, 5.41) is 10.1. The number of aromatic nitrogens is 3. The molecule has 2 aromatic rings. The van der Waals surface area contributed by atoms with Crippen molar-refractivity contribution in [2.24, 2.45) is 0 Å². The summed E-state index contributed by atoms with van der Waals surface area (Å²) in [7, 11) is 0. The number of carbonyl (C=O) groups is 1. The SMILES string of the molecule is Cc1nc(SCC(=O)Nc2cccc(N)c2C)n[nH]1. The number of aryl methyl sites for hydroxylation is 1. The summed E-state index contributed by atoms with van der Waals surface area (Å²) < 4.78 is 0. The van der Waals surface area contributed by atoms with Crippen molar-refractivity contribution in [1.29, 1.82) is 0 Å². The highest BCUT2D eigenvalue weighted by molar-refractivity contribution is 7.99. The van der Waals surface area contributed by atoms with Gasteiger partial charge in [-0.3, -0.25) is 9.89 Å². The van der Waals surface area contributed by atoms with Crippen LogP contribution in [0.4, 0.5) is 11.4 Å². The van der Waals surface area contributed by atoms with E-state index >= 15 is 0 Å². The average molecular weight is 277 g/mol. The summed E-state index contributed by atoms with van der Waals surface area (Å²) in [4.78, 5) is 15.9. The van der Waals surface area contributed by atoms with Gasteiger partial charge < -0.3 is 11.1 Å². The van der Waals surface area contributed by atoms with E-state index in [2.05, 4.69) is 20.5 Å². The molecule has 19 heavy (non-hydrogen) atoms. The monoisotopic (exact) mass is 277 g/mol. The molecular formula is C12H15N5OS. The van der Waals surface area contributed by atoms with E-state index in [-0.39, 0.29) is 11.7 Å². The predicted molar refractivity (Wildman–Crippen MR) is 76.1 cm³/mol. The van der Waals surface area contributed by atoms with Crippen molar-refractivity contribution in [3.63, 3.8) is 0 Å². The fraction of sp³-hybridized carbons (Fsp3) is 0.250. The lowest BCUT2D eigenvalue weighted by molar-refractivity contribution is -0.113. The van der Waals surface area contributed by atoms with Gasteiger partial charge in [-0.05, 0) is 31.5 Å². The molecule has 1 aromatic heterocycles. The van der Waals surface area contributed by atoms with Gasteiger partial charge in [0.15, 0.2) is 0 Å². The second-order valence-electron chi connectivity index (χ2n) is 4.06. The molecule has 0 unspecified atom stereocenters. The maximum absolute atomic E-state index is 11.8. The number of rotatable bonds is 4. The molecule has 6 nitrogen and oxygen atoms in total. The largest absolute Gasteiger partial charge is 0.398 e. The molecule has 0 aliphatic rings. The lowest BCUT2D eigenvalue weighted by atomic mass is 10.1. The van der Waals surface area contributed by atoms with E-state index in [1.807, 2.05) is 26.0 Å². The summed E-state index contributed by atoms with van der Waals surface area (Å²) >= 11 is 1.28. The molecule has 7 heteroatoms. The number of nitrogens with zero attached hydrogens (tertiary/aromatic N) is 2. The van der Waals surface area contributed by atoms with Gasteiger partial charge in [0.1, 0.15) is 5.82 Å². The van der Waals surface area contributed by atoms with Crippen LogP contribution in [0.2, 0.25) is 0 Å². The lowest BCUT2D eigenvalue weighted by Crippen LogP contribution is -2.15. The number of thioether (sulfide) groups is 1. The van der Waals surface area contributed by atoms with E-state index in [9.17, 15) is 4.79 Å². The Balaban J connectivity index is 1.92. The first-order valence-electron chi connectivity index (χ1n) is 5.73. The predicted octanol–water partition coefficient (Wildman–Crippen LogP) is 1.73. The Morgan fingerprint density at radius 3 is 2.95 bits per heavy atom. The second kappa shape index (κ2) is 5.75. The topological polar surface area (TPSA) is 96.7 Å². The molecule has 0 atom stereocenters. The lowest BCUT2D eigenvalue weighted by Gasteiger charge is -2.09. The van der Waals surface area contributed by atoms with Crippen molar-refractivity contribution >= 4 is 29.0 Å². The van der Waals surface area contributed by atoms with Gasteiger partial charge in [-0.1, -0.05) is 17.8 Å². The van der Waals surface area contributed by atoms with Crippen LogP contribution in [0, 0.1) is 13.8 Å². The highest BCUT2D eigenvalue weighted by atomic mass is 32.2. The fourth-order valence-corrected chi connectivity index (χ4v) is 2.14. The number of aromatic amines is 1. The van der Waals surface area contributed by atoms with E-state index in [1.165, 1.54) is 11.8 Å². The minimum Gasteiger partial charge on any atom is -0.398 e. The molecule has 0 aliphatic heterocycles. The van der Waals surface area contributed by atoms with Gasteiger partial charge in [0.05, 0.1) is 5.75 Å². The molecule has 2 rings (SSSR count). The third-order valence-electron chi connectivity index (χ3n) is 2.56. The molecule has 4 N–H and O–H groups in total. The van der Waals surface area contributed by atoms with Crippen molar-refractivity contribution in [2.75, 3.05) is 16.8 Å². The van der Waals surface area contributed by atoms with E-state index < -0.39 is 0 Å². The highest BCUT2D eigenvalue weighted by Gasteiger charge is 2.08. The third-order valence-corrected chi connectivity index (χ3v) is 3.41. The zero-order chi connectivity index (χ0) is 13.8. The summed E-state index contributed by atoms with van der Waals surface area (Å²) in [5.41, 5.74) is 8.05. The molecule has 1 amide bonds. The third kappa shape index (κ3) is 3.47. The van der Waals surface area contributed by atoms with E-state index in [4.69, 9.17) is 5.73 Å². The first kappa shape index (κ1) is 13.4. The van der Waals surface area contributed by atoms with Crippen LogP contribution in [0.1, 0.15) is 11.4 Å². The average Bonchev–Trinajstić information content (AvgIpc) is 2.78. The van der Waals surface area contributed by atoms with Crippen LogP contribution < -0.4 is 11.1 Å². The van der Waals surface area contributed by atoms with Gasteiger partial charge >= 0.3 is 0 Å². The van der Waals surface area contributed by atoms with Crippen molar-refractivity contribution in [3.8, 4) is 0 Å². The number of hydrogen-bond donors (Lipinski definition) is 3. The summed E-state index contributed by atoms with van der Waals surface area (Å²) in [5.74, 6) is 0.877. The smallest absolute Gasteiger partial charge is 0.234 e. The van der Waals surface area contributed by atoms with Crippen molar-refractivity contribution in [2.45, 2.75) is 19.0 Å². The van der Waals surface area contributed by atoms with E-state index in [0.29, 0.717) is 10.8 Å². The van der Waals surface area contributed by atoms with Crippen molar-refractivity contribution < 1.29 is 4.79 Å². The van der Waals surface area contributed by atoms with Gasteiger partial charge in [0.25, 0.3) is 0 Å². The Kier molecular flexibility index (Phi) is 4.06. The Hall–Kier alpha value is -2.02. The summed E-state index contributed by atoms with van der Waals surface area (Å²) in [6, 6.07) is 5.44. The molecule has 0 fully saturated rings. The Morgan fingerprint density at radius 1 is 1.47 bits per heavy atom. The number of anilines is 2.